The van der Waals surface area contributed by atoms with Crippen LogP contribution in [0.4, 0.5) is 26.3 Å². The smallest absolute Gasteiger partial charge is 0.418 e. The molecule has 0 unspecified atom stereocenters. The monoisotopic (exact) mass is 646 g/mol. The zero-order valence-corrected chi connectivity index (χ0v) is 24.9. The molecule has 0 radical (unpaired) electrons. The molecule has 6 saturated heterocycles. The molecule has 2 aromatic carbocycles. The molecule has 0 amide bonds. The highest BCUT2D eigenvalue weighted by molar-refractivity contribution is 5.82. The number of halogens is 6. The molecule has 10 heterocycles. The molecule has 2 spiro atoms. The Balaban J connectivity index is 0.000000127. The van der Waals surface area contributed by atoms with Crippen molar-refractivity contribution in [3.05, 3.63) is 47.5 Å². The van der Waals surface area contributed by atoms with Crippen molar-refractivity contribution in [2.45, 2.75) is 62.3 Å². The Bertz CT molecular complexity index is 1720. The summed E-state index contributed by atoms with van der Waals surface area (Å²) in [5.74, 6) is 0.935. The summed E-state index contributed by atoms with van der Waals surface area (Å²) in [6.07, 6.45) is -4.43. The van der Waals surface area contributed by atoms with Gasteiger partial charge in [0.15, 0.2) is 0 Å². The third-order valence-electron chi connectivity index (χ3n) is 11.2. The van der Waals surface area contributed by atoms with Gasteiger partial charge in [0, 0.05) is 24.9 Å². The van der Waals surface area contributed by atoms with E-state index in [4.69, 9.17) is 9.47 Å². The number of rotatable bonds is 0. The van der Waals surface area contributed by atoms with Crippen molar-refractivity contribution in [2.24, 2.45) is 11.8 Å². The lowest BCUT2D eigenvalue weighted by Crippen LogP contribution is -2.61. The SMILES string of the molecule is FC(F)(F)c1cccc2c1nc1n2C[C@@]2(CN3CCC2CC3)O1.FC(F)(F)c1cccc2c1nc1n2C[C@]2(CN3CCC2CC3)O1. The number of para-hydroxylation sites is 2. The van der Waals surface area contributed by atoms with E-state index in [1.54, 1.807) is 12.1 Å². The summed E-state index contributed by atoms with van der Waals surface area (Å²) < 4.78 is 94.9. The first-order valence-electron chi connectivity index (χ1n) is 15.9. The van der Waals surface area contributed by atoms with Crippen molar-refractivity contribution < 1.29 is 35.8 Å². The molecule has 2 aromatic heterocycles. The molecule has 244 valence electrons. The van der Waals surface area contributed by atoms with Gasteiger partial charge in [-0.25, -0.2) is 0 Å². The second-order valence-electron chi connectivity index (χ2n) is 13.7. The van der Waals surface area contributed by atoms with E-state index in [1.165, 1.54) is 12.1 Å². The van der Waals surface area contributed by atoms with E-state index in [9.17, 15) is 26.3 Å². The van der Waals surface area contributed by atoms with Crippen LogP contribution in [-0.4, -0.2) is 79.4 Å². The molecule has 4 bridgehead atoms. The first kappa shape index (κ1) is 28.7. The van der Waals surface area contributed by atoms with E-state index >= 15 is 0 Å². The number of nitrogens with zero attached hydrogens (tertiary/aromatic N) is 6. The fourth-order valence-electron chi connectivity index (χ4n) is 8.97. The van der Waals surface area contributed by atoms with Crippen LogP contribution in [0.5, 0.6) is 12.0 Å². The standard InChI is InChI=1S/2C16H16F3N3O/c2*17-16(18,19)11-2-1-3-12-13(11)20-14-22(12)9-15(23-14)8-21-6-4-10(15)5-7-21/h2*1-3,10H,4-9H2/t2*15-/m10/s1. The number of benzene rings is 2. The summed E-state index contributed by atoms with van der Waals surface area (Å²) in [6, 6.07) is 9.12. The molecule has 0 N–H and O–H groups in total. The second-order valence-corrected chi connectivity index (χ2v) is 13.7. The fraction of sp³-hybridized carbons (Fsp3) is 0.562. The number of fused-ring (bicyclic) bond motifs is 10. The summed E-state index contributed by atoms with van der Waals surface area (Å²) in [6.45, 7) is 7.27. The van der Waals surface area contributed by atoms with Crippen LogP contribution in [0.15, 0.2) is 36.4 Å². The molecule has 12 rings (SSSR count). The van der Waals surface area contributed by atoms with Crippen LogP contribution in [0.3, 0.4) is 0 Å². The lowest BCUT2D eigenvalue weighted by molar-refractivity contribution is -0.137. The molecule has 8 aliphatic rings. The molecule has 8 nitrogen and oxygen atoms in total. The largest absolute Gasteiger partial charge is 0.454 e. The molecule has 2 atom stereocenters. The predicted molar refractivity (Wildman–Crippen MR) is 155 cm³/mol. The second kappa shape index (κ2) is 9.52. The van der Waals surface area contributed by atoms with E-state index in [1.807, 2.05) is 9.13 Å². The third-order valence-corrected chi connectivity index (χ3v) is 11.2. The van der Waals surface area contributed by atoms with Gasteiger partial charge >= 0.3 is 12.4 Å². The van der Waals surface area contributed by atoms with Crippen LogP contribution in [0, 0.1) is 11.8 Å². The normalized spacial score (nSPS) is 32.5. The van der Waals surface area contributed by atoms with Gasteiger partial charge in [0.05, 0.1) is 35.2 Å². The molecule has 0 aliphatic carbocycles. The average molecular weight is 647 g/mol. The van der Waals surface area contributed by atoms with Crippen molar-refractivity contribution >= 4 is 22.1 Å². The number of ether oxygens (including phenoxy) is 2. The number of piperidine rings is 6. The first-order chi connectivity index (χ1) is 21.9. The molecular weight excluding hydrogens is 614 g/mol. The van der Waals surface area contributed by atoms with E-state index < -0.39 is 23.5 Å². The fourth-order valence-corrected chi connectivity index (χ4v) is 8.97. The highest BCUT2D eigenvalue weighted by Gasteiger charge is 2.55. The third kappa shape index (κ3) is 4.21. The maximum Gasteiger partial charge on any atom is 0.418 e. The van der Waals surface area contributed by atoms with Gasteiger partial charge in [-0.1, -0.05) is 12.1 Å². The van der Waals surface area contributed by atoms with Crippen molar-refractivity contribution in [1.29, 1.82) is 0 Å². The predicted octanol–water partition coefficient (Wildman–Crippen LogP) is 5.82. The average Bonchev–Trinajstić information content (AvgIpc) is 3.74. The zero-order valence-electron chi connectivity index (χ0n) is 24.9. The molecule has 14 heteroatoms. The Morgan fingerprint density at radius 1 is 0.587 bits per heavy atom. The summed E-state index contributed by atoms with van der Waals surface area (Å²) >= 11 is 0. The molecule has 8 aliphatic heterocycles. The van der Waals surface area contributed by atoms with Crippen LogP contribution < -0.4 is 9.47 Å². The van der Waals surface area contributed by atoms with Crippen molar-refractivity contribution in [3.63, 3.8) is 0 Å². The minimum atomic E-state index is -4.40. The molecule has 46 heavy (non-hydrogen) atoms. The summed E-state index contributed by atoms with van der Waals surface area (Å²) in [5.41, 5.74) is -0.974. The van der Waals surface area contributed by atoms with Gasteiger partial charge in [0.2, 0.25) is 0 Å². The highest BCUT2D eigenvalue weighted by Crippen LogP contribution is 2.48. The van der Waals surface area contributed by atoms with Crippen molar-refractivity contribution in [2.75, 3.05) is 39.3 Å². The van der Waals surface area contributed by atoms with Gasteiger partial charge in [0.25, 0.3) is 12.0 Å². The van der Waals surface area contributed by atoms with Crippen LogP contribution >= 0.6 is 0 Å². The van der Waals surface area contributed by atoms with Gasteiger partial charge in [-0.3, -0.25) is 18.9 Å². The Hall–Kier alpha value is -3.52. The summed E-state index contributed by atoms with van der Waals surface area (Å²) in [7, 11) is 0. The number of hydrogen-bond donors (Lipinski definition) is 0. The molecule has 4 aromatic rings. The van der Waals surface area contributed by atoms with Crippen LogP contribution in [0.25, 0.3) is 22.1 Å². The van der Waals surface area contributed by atoms with E-state index in [0.29, 0.717) is 48.0 Å². The van der Waals surface area contributed by atoms with E-state index in [0.717, 1.165) is 77.1 Å². The number of hydrogen-bond acceptors (Lipinski definition) is 6. The number of imidazole rings is 2. The van der Waals surface area contributed by atoms with E-state index in [-0.39, 0.29) is 22.2 Å². The topological polar surface area (TPSA) is 60.6 Å². The Kier molecular flexibility index (Phi) is 5.94. The number of alkyl halides is 6. The molecule has 0 saturated carbocycles. The highest BCUT2D eigenvalue weighted by atomic mass is 19.4. The summed E-state index contributed by atoms with van der Waals surface area (Å²) in [4.78, 5) is 13.2. The number of aromatic nitrogens is 4. The van der Waals surface area contributed by atoms with Crippen LogP contribution in [-0.2, 0) is 25.4 Å². The van der Waals surface area contributed by atoms with Crippen LogP contribution in [0.1, 0.15) is 36.8 Å². The Morgan fingerprint density at radius 2 is 0.978 bits per heavy atom. The first-order valence-corrected chi connectivity index (χ1v) is 15.9. The minimum absolute atomic E-state index is 0.00822. The van der Waals surface area contributed by atoms with Gasteiger partial charge in [-0.15, -0.1) is 0 Å². The van der Waals surface area contributed by atoms with Crippen molar-refractivity contribution in [1.82, 2.24) is 28.9 Å². The summed E-state index contributed by atoms with van der Waals surface area (Å²) in [5, 5.41) is 0. The van der Waals surface area contributed by atoms with Gasteiger partial charge in [-0.05, 0) is 76.1 Å². The maximum atomic E-state index is 13.2. The Labute approximate surface area is 259 Å². The zero-order chi connectivity index (χ0) is 31.6. The van der Waals surface area contributed by atoms with Crippen LogP contribution in [0.2, 0.25) is 0 Å². The van der Waals surface area contributed by atoms with Gasteiger partial charge < -0.3 is 9.47 Å². The van der Waals surface area contributed by atoms with E-state index in [2.05, 4.69) is 19.8 Å². The van der Waals surface area contributed by atoms with Crippen molar-refractivity contribution in [3.8, 4) is 12.0 Å². The molecular formula is C32H32F6N6O2. The lowest BCUT2D eigenvalue weighted by Gasteiger charge is -2.50. The minimum Gasteiger partial charge on any atom is -0.454 e. The van der Waals surface area contributed by atoms with Gasteiger partial charge in [-0.2, -0.15) is 36.3 Å². The molecule has 6 fully saturated rings. The lowest BCUT2D eigenvalue weighted by atomic mass is 9.75. The maximum absolute atomic E-state index is 13.2. The quantitative estimate of drug-likeness (QED) is 0.225. The van der Waals surface area contributed by atoms with Gasteiger partial charge in [0.1, 0.15) is 22.2 Å². The Morgan fingerprint density at radius 3 is 1.30 bits per heavy atom.